The molecule has 0 radical (unpaired) electrons. The van der Waals surface area contributed by atoms with Gasteiger partial charge in [0.2, 0.25) is 5.13 Å². The first kappa shape index (κ1) is 17.6. The molecule has 1 N–H and O–H groups in total. The monoisotopic (exact) mass is 441 g/mol. The molecule has 2 heterocycles. The van der Waals surface area contributed by atoms with E-state index in [0.717, 1.165) is 15.8 Å². The number of nitrogens with zero attached hydrogens (tertiary/aromatic N) is 3. The number of aromatic nitrogens is 2. The number of aliphatic hydroxyl groups is 1. The molecule has 3 aromatic rings. The van der Waals surface area contributed by atoms with Crippen molar-refractivity contribution in [1.82, 2.24) is 10.2 Å². The highest BCUT2D eigenvalue weighted by Gasteiger charge is 2.48. The van der Waals surface area contributed by atoms with Gasteiger partial charge in [0.05, 0.1) is 11.6 Å². The molecule has 8 heteroatoms. The van der Waals surface area contributed by atoms with E-state index in [2.05, 4.69) is 26.1 Å². The number of hydrogen-bond acceptors (Lipinski definition) is 6. The molecule has 1 fully saturated rings. The van der Waals surface area contributed by atoms with E-state index in [-0.39, 0.29) is 11.3 Å². The Morgan fingerprint density at radius 1 is 1.11 bits per heavy atom. The van der Waals surface area contributed by atoms with Gasteiger partial charge >= 0.3 is 5.91 Å². The Balaban J connectivity index is 1.96. The van der Waals surface area contributed by atoms with Crippen molar-refractivity contribution in [2.45, 2.75) is 6.04 Å². The lowest BCUT2D eigenvalue weighted by Crippen LogP contribution is -2.29. The molecule has 6 nitrogen and oxygen atoms in total. The molecule has 4 rings (SSSR count). The molecule has 134 valence electrons. The summed E-state index contributed by atoms with van der Waals surface area (Å²) in [5, 5.41) is 18.9. The van der Waals surface area contributed by atoms with Gasteiger partial charge in [-0.05, 0) is 17.7 Å². The van der Waals surface area contributed by atoms with Crippen LogP contribution in [0.15, 0.2) is 70.2 Å². The SMILES string of the molecule is O=C1C(=O)N(c2nncs2)C(c2cccc(Br)c2)C1=C(O)c1ccccc1. The summed E-state index contributed by atoms with van der Waals surface area (Å²) in [7, 11) is 0. The number of rotatable bonds is 3. The van der Waals surface area contributed by atoms with Gasteiger partial charge in [-0.3, -0.25) is 14.5 Å². The molecule has 1 unspecified atom stereocenters. The third-order valence-corrected chi connectivity index (χ3v) is 5.39. The van der Waals surface area contributed by atoms with Crippen molar-refractivity contribution >= 4 is 49.8 Å². The van der Waals surface area contributed by atoms with Gasteiger partial charge in [0, 0.05) is 10.0 Å². The minimum atomic E-state index is -0.796. The van der Waals surface area contributed by atoms with Gasteiger partial charge in [-0.25, -0.2) is 0 Å². The molecule has 1 saturated heterocycles. The van der Waals surface area contributed by atoms with Crippen molar-refractivity contribution in [1.29, 1.82) is 0 Å². The van der Waals surface area contributed by atoms with E-state index >= 15 is 0 Å². The highest BCUT2D eigenvalue weighted by molar-refractivity contribution is 9.10. The zero-order valence-corrected chi connectivity index (χ0v) is 16.1. The van der Waals surface area contributed by atoms with E-state index in [1.807, 2.05) is 24.3 Å². The Labute approximate surface area is 166 Å². The number of hydrogen-bond donors (Lipinski definition) is 1. The number of carbonyl (C=O) groups excluding carboxylic acids is 2. The predicted molar refractivity (Wildman–Crippen MR) is 105 cm³/mol. The number of amides is 1. The maximum Gasteiger partial charge on any atom is 0.301 e. The maximum atomic E-state index is 12.8. The van der Waals surface area contributed by atoms with Crippen molar-refractivity contribution in [2.24, 2.45) is 0 Å². The summed E-state index contributed by atoms with van der Waals surface area (Å²) in [6, 6.07) is 15.2. The lowest BCUT2D eigenvalue weighted by atomic mass is 9.95. The molecule has 0 aliphatic carbocycles. The van der Waals surface area contributed by atoms with Crippen LogP contribution in [0.3, 0.4) is 0 Å². The van der Waals surface area contributed by atoms with Crippen LogP contribution < -0.4 is 4.90 Å². The van der Waals surface area contributed by atoms with Gasteiger partial charge in [0.15, 0.2) is 0 Å². The Kier molecular flexibility index (Phi) is 4.59. The molecule has 1 aromatic heterocycles. The van der Waals surface area contributed by atoms with Gasteiger partial charge in [0.1, 0.15) is 11.3 Å². The summed E-state index contributed by atoms with van der Waals surface area (Å²) in [6.45, 7) is 0. The zero-order chi connectivity index (χ0) is 19.0. The smallest absolute Gasteiger partial charge is 0.301 e. The summed E-state index contributed by atoms with van der Waals surface area (Å²) in [5.74, 6) is -1.71. The molecule has 1 amide bonds. The van der Waals surface area contributed by atoms with Crippen LogP contribution in [0.2, 0.25) is 0 Å². The van der Waals surface area contributed by atoms with E-state index in [1.54, 1.807) is 30.3 Å². The quantitative estimate of drug-likeness (QED) is 0.378. The van der Waals surface area contributed by atoms with Crippen LogP contribution >= 0.6 is 27.3 Å². The predicted octanol–water partition coefficient (Wildman–Crippen LogP) is 3.93. The number of benzene rings is 2. The third kappa shape index (κ3) is 3.07. The average molecular weight is 442 g/mol. The summed E-state index contributed by atoms with van der Waals surface area (Å²) >= 11 is 4.57. The molecule has 27 heavy (non-hydrogen) atoms. The van der Waals surface area contributed by atoms with Crippen molar-refractivity contribution in [2.75, 3.05) is 4.90 Å². The molecule has 0 saturated carbocycles. The molecular formula is C19H12BrN3O3S. The van der Waals surface area contributed by atoms with Gasteiger partial charge in [-0.15, -0.1) is 10.2 Å². The van der Waals surface area contributed by atoms with Crippen LogP contribution in [0.5, 0.6) is 0 Å². The first-order valence-corrected chi connectivity index (χ1v) is 9.63. The number of Topliss-reactive ketones (excluding diaryl/α,β-unsaturated/α-hetero) is 1. The first-order valence-electron chi connectivity index (χ1n) is 7.96. The minimum Gasteiger partial charge on any atom is -0.507 e. The molecule has 2 aromatic carbocycles. The van der Waals surface area contributed by atoms with E-state index < -0.39 is 17.7 Å². The second-order valence-electron chi connectivity index (χ2n) is 5.81. The minimum absolute atomic E-state index is 0.0273. The summed E-state index contributed by atoms with van der Waals surface area (Å²) in [4.78, 5) is 26.9. The molecule has 0 bridgehead atoms. The fourth-order valence-electron chi connectivity index (χ4n) is 3.05. The number of ketones is 1. The van der Waals surface area contributed by atoms with Gasteiger partial charge < -0.3 is 5.11 Å². The molecule has 0 spiro atoms. The largest absolute Gasteiger partial charge is 0.507 e. The van der Waals surface area contributed by atoms with E-state index in [0.29, 0.717) is 16.3 Å². The van der Waals surface area contributed by atoms with Crippen LogP contribution in [0.25, 0.3) is 5.76 Å². The second-order valence-corrected chi connectivity index (χ2v) is 7.54. The maximum absolute atomic E-state index is 12.8. The third-order valence-electron chi connectivity index (χ3n) is 4.21. The summed E-state index contributed by atoms with van der Waals surface area (Å²) in [6.07, 6.45) is 0. The highest BCUT2D eigenvalue weighted by Crippen LogP contribution is 2.42. The topological polar surface area (TPSA) is 83.4 Å². The summed E-state index contributed by atoms with van der Waals surface area (Å²) < 4.78 is 0.794. The second kappa shape index (κ2) is 7.05. The van der Waals surface area contributed by atoms with Crippen LogP contribution in [-0.2, 0) is 9.59 Å². The fourth-order valence-corrected chi connectivity index (χ4v) is 4.05. The fraction of sp³-hybridized carbons (Fsp3) is 0.0526. The van der Waals surface area contributed by atoms with Crippen LogP contribution in [0, 0.1) is 0 Å². The van der Waals surface area contributed by atoms with Gasteiger partial charge in [-0.2, -0.15) is 0 Å². The highest BCUT2D eigenvalue weighted by atomic mass is 79.9. The number of carbonyl (C=O) groups is 2. The molecular weight excluding hydrogens is 430 g/mol. The van der Waals surface area contributed by atoms with E-state index in [1.165, 1.54) is 10.4 Å². The Bertz CT molecular complexity index is 1050. The molecule has 1 atom stereocenters. The lowest BCUT2D eigenvalue weighted by Gasteiger charge is -2.22. The first-order chi connectivity index (χ1) is 13.1. The van der Waals surface area contributed by atoms with Gasteiger partial charge in [-0.1, -0.05) is 69.7 Å². The Hall–Kier alpha value is -2.84. The van der Waals surface area contributed by atoms with E-state index in [9.17, 15) is 14.7 Å². The number of aliphatic hydroxyl groups excluding tert-OH is 1. The standard InChI is InChI=1S/C19H12BrN3O3S/c20-13-8-4-7-12(9-13)15-14(16(24)11-5-2-1-3-6-11)17(25)18(26)23(15)19-22-21-10-27-19/h1-10,15,24H. The number of halogens is 1. The molecule has 1 aliphatic rings. The zero-order valence-electron chi connectivity index (χ0n) is 13.7. The van der Waals surface area contributed by atoms with E-state index in [4.69, 9.17) is 0 Å². The summed E-state index contributed by atoms with van der Waals surface area (Å²) in [5.41, 5.74) is 2.66. The van der Waals surface area contributed by atoms with Crippen LogP contribution in [0.1, 0.15) is 17.2 Å². The Morgan fingerprint density at radius 2 is 1.89 bits per heavy atom. The van der Waals surface area contributed by atoms with Crippen LogP contribution in [-0.4, -0.2) is 27.0 Å². The van der Waals surface area contributed by atoms with Gasteiger partial charge in [0.25, 0.3) is 5.78 Å². The van der Waals surface area contributed by atoms with Crippen molar-refractivity contribution in [3.63, 3.8) is 0 Å². The van der Waals surface area contributed by atoms with Crippen molar-refractivity contribution < 1.29 is 14.7 Å². The number of anilines is 1. The normalized spacial score (nSPS) is 18.9. The lowest BCUT2D eigenvalue weighted by molar-refractivity contribution is -0.132. The molecule has 1 aliphatic heterocycles. The Morgan fingerprint density at radius 3 is 2.56 bits per heavy atom. The van der Waals surface area contributed by atoms with Crippen molar-refractivity contribution in [3.8, 4) is 0 Å². The average Bonchev–Trinajstić information content (AvgIpc) is 3.29. The van der Waals surface area contributed by atoms with Crippen LogP contribution in [0.4, 0.5) is 5.13 Å². The van der Waals surface area contributed by atoms with Crippen molar-refractivity contribution in [3.05, 3.63) is 81.3 Å².